The van der Waals surface area contributed by atoms with Gasteiger partial charge in [-0.3, -0.25) is 4.79 Å². The van der Waals surface area contributed by atoms with Crippen LogP contribution in [-0.4, -0.2) is 31.9 Å². The first kappa shape index (κ1) is 15.4. The molecule has 1 rings (SSSR count). The van der Waals surface area contributed by atoms with E-state index in [1.807, 2.05) is 13.8 Å². The van der Waals surface area contributed by atoms with Crippen molar-refractivity contribution in [2.45, 2.75) is 26.4 Å². The number of rotatable bonds is 8. The van der Waals surface area contributed by atoms with Crippen LogP contribution in [-0.2, 0) is 9.53 Å². The Kier molecular flexibility index (Phi) is 6.89. The summed E-state index contributed by atoms with van der Waals surface area (Å²) >= 11 is 0. The van der Waals surface area contributed by atoms with Crippen molar-refractivity contribution >= 4 is 11.6 Å². The molecule has 1 amide bonds. The molecule has 106 valence electrons. The molecular weight excluding hydrogens is 249 g/mol. The van der Waals surface area contributed by atoms with E-state index in [0.717, 1.165) is 0 Å². The van der Waals surface area contributed by atoms with Crippen LogP contribution < -0.4 is 10.1 Å². The molecule has 0 heterocycles. The highest BCUT2D eigenvalue weighted by molar-refractivity contribution is 5.90. The minimum absolute atomic E-state index is 0.0399. The number of hydrogen-bond acceptors (Lipinski definition) is 3. The van der Waals surface area contributed by atoms with Gasteiger partial charge < -0.3 is 14.8 Å². The molecule has 19 heavy (non-hydrogen) atoms. The summed E-state index contributed by atoms with van der Waals surface area (Å²) < 4.78 is 22.3. The van der Waals surface area contributed by atoms with Gasteiger partial charge in [0.05, 0.1) is 19.1 Å². The lowest BCUT2D eigenvalue weighted by molar-refractivity contribution is -0.117. The fourth-order valence-corrected chi connectivity index (χ4v) is 1.40. The van der Waals surface area contributed by atoms with Gasteiger partial charge in [-0.05, 0) is 38.1 Å². The fourth-order valence-electron chi connectivity index (χ4n) is 1.40. The molecule has 4 nitrogen and oxygen atoms in total. The van der Waals surface area contributed by atoms with E-state index in [9.17, 15) is 9.18 Å². The largest absolute Gasteiger partial charge is 0.491 e. The van der Waals surface area contributed by atoms with Crippen molar-refractivity contribution in [3.63, 3.8) is 0 Å². The van der Waals surface area contributed by atoms with E-state index in [2.05, 4.69) is 5.32 Å². The lowest BCUT2D eigenvalue weighted by Gasteiger charge is -2.09. The molecule has 0 fully saturated rings. The summed E-state index contributed by atoms with van der Waals surface area (Å²) in [7, 11) is 0. The van der Waals surface area contributed by atoms with Gasteiger partial charge in [-0.1, -0.05) is 0 Å². The number of ether oxygens (including phenoxy) is 2. The zero-order valence-corrected chi connectivity index (χ0v) is 11.3. The van der Waals surface area contributed by atoms with E-state index >= 15 is 0 Å². The number of alkyl halides is 1. The van der Waals surface area contributed by atoms with Crippen molar-refractivity contribution < 1.29 is 18.7 Å². The Morgan fingerprint density at radius 1 is 1.26 bits per heavy atom. The van der Waals surface area contributed by atoms with Crippen LogP contribution in [0.25, 0.3) is 0 Å². The number of benzene rings is 1. The molecule has 0 atom stereocenters. The topological polar surface area (TPSA) is 47.6 Å². The van der Waals surface area contributed by atoms with Gasteiger partial charge in [0.25, 0.3) is 0 Å². The van der Waals surface area contributed by atoms with E-state index in [-0.39, 0.29) is 18.6 Å². The van der Waals surface area contributed by atoms with E-state index in [1.165, 1.54) is 0 Å². The molecule has 0 saturated carbocycles. The van der Waals surface area contributed by atoms with Crippen LogP contribution in [0.5, 0.6) is 5.75 Å². The van der Waals surface area contributed by atoms with Gasteiger partial charge in [0.2, 0.25) is 5.91 Å². The number of carbonyl (C=O) groups excluding carboxylic acids is 1. The smallest absolute Gasteiger partial charge is 0.226 e. The van der Waals surface area contributed by atoms with E-state index in [0.29, 0.717) is 24.5 Å². The Balaban J connectivity index is 2.33. The van der Waals surface area contributed by atoms with Gasteiger partial charge in [0.1, 0.15) is 19.0 Å². The maximum absolute atomic E-state index is 11.9. The first-order valence-corrected chi connectivity index (χ1v) is 6.32. The predicted molar refractivity (Wildman–Crippen MR) is 72.2 cm³/mol. The minimum Gasteiger partial charge on any atom is -0.491 e. The second-order valence-electron chi connectivity index (χ2n) is 4.28. The van der Waals surface area contributed by atoms with Crippen LogP contribution in [0.3, 0.4) is 0 Å². The van der Waals surface area contributed by atoms with Crippen LogP contribution in [0.1, 0.15) is 20.3 Å². The summed E-state index contributed by atoms with van der Waals surface area (Å²) in [6.07, 6.45) is 0.442. The van der Waals surface area contributed by atoms with E-state index in [4.69, 9.17) is 9.47 Å². The second kappa shape index (κ2) is 8.48. The second-order valence-corrected chi connectivity index (χ2v) is 4.28. The van der Waals surface area contributed by atoms with Crippen LogP contribution in [0.2, 0.25) is 0 Å². The number of amides is 1. The molecule has 0 unspecified atom stereocenters. The lowest BCUT2D eigenvalue weighted by atomic mass is 10.3. The SMILES string of the molecule is CC(C)OCCC(=O)Nc1ccc(OCCF)cc1. The molecule has 0 aromatic heterocycles. The molecule has 0 spiro atoms. The van der Waals surface area contributed by atoms with Gasteiger partial charge >= 0.3 is 0 Å². The molecule has 0 saturated heterocycles. The highest BCUT2D eigenvalue weighted by Gasteiger charge is 2.03. The molecule has 1 aromatic rings. The number of halogens is 1. The minimum atomic E-state index is -0.520. The Morgan fingerprint density at radius 3 is 2.53 bits per heavy atom. The van der Waals surface area contributed by atoms with Gasteiger partial charge in [0.15, 0.2) is 0 Å². The number of nitrogens with one attached hydrogen (secondary N) is 1. The molecule has 0 aliphatic rings. The predicted octanol–water partition coefficient (Wildman–Crippen LogP) is 2.79. The third-order valence-electron chi connectivity index (χ3n) is 2.26. The third-order valence-corrected chi connectivity index (χ3v) is 2.26. The standard InChI is InChI=1S/C14H20FNO3/c1-11(2)18-9-7-14(17)16-12-3-5-13(6-4-12)19-10-8-15/h3-6,11H,7-10H2,1-2H3,(H,16,17). The highest BCUT2D eigenvalue weighted by Crippen LogP contribution is 2.15. The van der Waals surface area contributed by atoms with E-state index < -0.39 is 6.67 Å². The number of hydrogen-bond donors (Lipinski definition) is 1. The van der Waals surface area contributed by atoms with Crippen LogP contribution in [0.4, 0.5) is 10.1 Å². The van der Waals surface area contributed by atoms with Gasteiger partial charge in [-0.15, -0.1) is 0 Å². The summed E-state index contributed by atoms with van der Waals surface area (Å²) in [5, 5.41) is 2.75. The van der Waals surface area contributed by atoms with E-state index in [1.54, 1.807) is 24.3 Å². The van der Waals surface area contributed by atoms with Crippen LogP contribution >= 0.6 is 0 Å². The zero-order chi connectivity index (χ0) is 14.1. The summed E-state index contributed by atoms with van der Waals surface area (Å²) in [5.74, 6) is 0.483. The first-order chi connectivity index (χ1) is 9.11. The lowest BCUT2D eigenvalue weighted by Crippen LogP contribution is -2.15. The highest BCUT2D eigenvalue weighted by atomic mass is 19.1. The average molecular weight is 269 g/mol. The Bertz CT molecular complexity index is 379. The number of anilines is 1. The normalized spacial score (nSPS) is 10.5. The third kappa shape index (κ3) is 6.76. The van der Waals surface area contributed by atoms with Crippen molar-refractivity contribution in [2.24, 2.45) is 0 Å². The molecule has 0 aliphatic carbocycles. The van der Waals surface area contributed by atoms with Gasteiger partial charge in [0, 0.05) is 5.69 Å². The Hall–Kier alpha value is -1.62. The van der Waals surface area contributed by atoms with Crippen molar-refractivity contribution in [1.29, 1.82) is 0 Å². The molecule has 5 heteroatoms. The average Bonchev–Trinajstić information content (AvgIpc) is 2.37. The molecule has 1 N–H and O–H groups in total. The molecular formula is C14H20FNO3. The summed E-state index contributed by atoms with van der Waals surface area (Å²) in [6, 6.07) is 6.81. The van der Waals surface area contributed by atoms with Crippen LogP contribution in [0, 0.1) is 0 Å². The summed E-state index contributed by atoms with van der Waals surface area (Å²) in [5.41, 5.74) is 0.683. The van der Waals surface area contributed by atoms with Crippen molar-refractivity contribution in [3.8, 4) is 5.75 Å². The molecule has 0 bridgehead atoms. The maximum atomic E-state index is 11.9. The first-order valence-electron chi connectivity index (χ1n) is 6.32. The Morgan fingerprint density at radius 2 is 1.95 bits per heavy atom. The summed E-state index contributed by atoms with van der Waals surface area (Å²) in [4.78, 5) is 11.6. The molecule has 1 aromatic carbocycles. The van der Waals surface area contributed by atoms with Gasteiger partial charge in [-0.2, -0.15) is 0 Å². The monoisotopic (exact) mass is 269 g/mol. The van der Waals surface area contributed by atoms with Gasteiger partial charge in [-0.25, -0.2) is 4.39 Å². The maximum Gasteiger partial charge on any atom is 0.226 e. The Labute approximate surface area is 112 Å². The van der Waals surface area contributed by atoms with Crippen molar-refractivity contribution in [1.82, 2.24) is 0 Å². The quantitative estimate of drug-likeness (QED) is 0.789. The van der Waals surface area contributed by atoms with Crippen molar-refractivity contribution in [2.75, 3.05) is 25.2 Å². The number of carbonyl (C=O) groups is 1. The van der Waals surface area contributed by atoms with Crippen LogP contribution in [0.15, 0.2) is 24.3 Å². The molecule has 0 radical (unpaired) electrons. The van der Waals surface area contributed by atoms with Crippen molar-refractivity contribution in [3.05, 3.63) is 24.3 Å². The molecule has 0 aliphatic heterocycles. The fraction of sp³-hybridized carbons (Fsp3) is 0.500. The zero-order valence-electron chi connectivity index (χ0n) is 11.3. The summed E-state index contributed by atoms with van der Waals surface area (Å²) in [6.45, 7) is 3.77.